The molecule has 1 heterocycles. The maximum absolute atomic E-state index is 3.83. The molecule has 2 fully saturated rings. The van der Waals surface area contributed by atoms with Gasteiger partial charge >= 0.3 is 0 Å². The number of rotatable bonds is 4. The van der Waals surface area contributed by atoms with Gasteiger partial charge in [0.05, 0.1) is 0 Å². The van der Waals surface area contributed by atoms with Crippen LogP contribution in [-0.2, 0) is 0 Å². The molecule has 18 heavy (non-hydrogen) atoms. The van der Waals surface area contributed by atoms with Gasteiger partial charge in [0.2, 0.25) is 0 Å². The van der Waals surface area contributed by atoms with E-state index in [1.54, 1.807) is 0 Å². The van der Waals surface area contributed by atoms with Crippen LogP contribution in [0.5, 0.6) is 0 Å². The van der Waals surface area contributed by atoms with Crippen LogP contribution in [0.3, 0.4) is 0 Å². The van der Waals surface area contributed by atoms with Gasteiger partial charge in [0.1, 0.15) is 0 Å². The zero-order chi connectivity index (χ0) is 12.7. The summed E-state index contributed by atoms with van der Waals surface area (Å²) in [5.74, 6) is 2.99. The minimum Gasteiger partial charge on any atom is -0.307 e. The van der Waals surface area contributed by atoms with Crippen LogP contribution in [0, 0.1) is 17.8 Å². The second-order valence-electron chi connectivity index (χ2n) is 6.18. The SMILES string of the molecule is CC(NC(C)C1CC2CCC1C2)c1cc(Br)cs1. The first-order valence-electron chi connectivity index (χ1n) is 7.13. The van der Waals surface area contributed by atoms with Gasteiger partial charge in [-0.05, 0) is 72.9 Å². The molecule has 5 unspecified atom stereocenters. The van der Waals surface area contributed by atoms with Crippen molar-refractivity contribution in [1.29, 1.82) is 0 Å². The normalized spacial score (nSPS) is 33.8. The van der Waals surface area contributed by atoms with E-state index in [2.05, 4.69) is 46.5 Å². The summed E-state index contributed by atoms with van der Waals surface area (Å²) < 4.78 is 1.21. The zero-order valence-corrected chi connectivity index (χ0v) is 13.6. The molecular weight excluding hydrogens is 306 g/mol. The van der Waals surface area contributed by atoms with E-state index in [0.717, 1.165) is 17.8 Å². The summed E-state index contributed by atoms with van der Waals surface area (Å²) in [6.45, 7) is 4.69. The van der Waals surface area contributed by atoms with Crippen LogP contribution in [0.2, 0.25) is 0 Å². The van der Waals surface area contributed by atoms with Crippen molar-refractivity contribution in [3.63, 3.8) is 0 Å². The molecule has 0 radical (unpaired) electrons. The first-order valence-corrected chi connectivity index (χ1v) is 8.80. The Morgan fingerprint density at radius 2 is 2.17 bits per heavy atom. The molecule has 5 atom stereocenters. The Morgan fingerprint density at radius 1 is 1.33 bits per heavy atom. The predicted octanol–water partition coefficient (Wildman–Crippen LogP) is 4.99. The molecule has 2 aliphatic carbocycles. The molecule has 0 amide bonds. The van der Waals surface area contributed by atoms with Crippen molar-refractivity contribution >= 4 is 27.3 Å². The zero-order valence-electron chi connectivity index (χ0n) is 11.2. The average molecular weight is 328 g/mol. The third kappa shape index (κ3) is 2.54. The second-order valence-corrected chi connectivity index (χ2v) is 8.04. The molecule has 100 valence electrons. The van der Waals surface area contributed by atoms with Gasteiger partial charge < -0.3 is 5.32 Å². The van der Waals surface area contributed by atoms with Crippen molar-refractivity contribution in [3.8, 4) is 0 Å². The van der Waals surface area contributed by atoms with E-state index in [0.29, 0.717) is 12.1 Å². The van der Waals surface area contributed by atoms with E-state index in [9.17, 15) is 0 Å². The fraction of sp³-hybridized carbons (Fsp3) is 0.733. The van der Waals surface area contributed by atoms with Gasteiger partial charge in [-0.2, -0.15) is 0 Å². The summed E-state index contributed by atoms with van der Waals surface area (Å²) >= 11 is 5.39. The van der Waals surface area contributed by atoms with Crippen molar-refractivity contribution in [1.82, 2.24) is 5.32 Å². The van der Waals surface area contributed by atoms with Gasteiger partial charge in [-0.3, -0.25) is 0 Å². The van der Waals surface area contributed by atoms with Crippen molar-refractivity contribution in [2.75, 3.05) is 0 Å². The second kappa shape index (κ2) is 5.26. The highest BCUT2D eigenvalue weighted by molar-refractivity contribution is 9.10. The van der Waals surface area contributed by atoms with Crippen LogP contribution in [0.1, 0.15) is 50.4 Å². The monoisotopic (exact) mass is 327 g/mol. The summed E-state index contributed by atoms with van der Waals surface area (Å²) in [6.07, 6.45) is 5.97. The van der Waals surface area contributed by atoms with Crippen LogP contribution in [0.4, 0.5) is 0 Å². The predicted molar refractivity (Wildman–Crippen MR) is 82.0 cm³/mol. The number of hydrogen-bond donors (Lipinski definition) is 1. The van der Waals surface area contributed by atoms with E-state index in [1.807, 2.05) is 11.3 Å². The molecule has 2 saturated carbocycles. The minimum absolute atomic E-state index is 0.482. The third-order valence-corrected chi connectivity index (χ3v) is 6.84. The topological polar surface area (TPSA) is 12.0 Å². The highest BCUT2D eigenvalue weighted by Gasteiger charge is 2.41. The minimum atomic E-state index is 0.482. The highest BCUT2D eigenvalue weighted by Crippen LogP contribution is 2.49. The molecule has 1 nitrogen and oxygen atoms in total. The Hall–Kier alpha value is 0.140. The lowest BCUT2D eigenvalue weighted by molar-refractivity contribution is 0.249. The number of hydrogen-bond acceptors (Lipinski definition) is 2. The van der Waals surface area contributed by atoms with Crippen molar-refractivity contribution < 1.29 is 0 Å². The lowest BCUT2D eigenvalue weighted by atomic mass is 9.84. The van der Waals surface area contributed by atoms with Crippen LogP contribution in [-0.4, -0.2) is 6.04 Å². The van der Waals surface area contributed by atoms with Crippen LogP contribution >= 0.6 is 27.3 Å². The standard InChI is InChI=1S/C15H22BrNS/c1-9(14-6-11-3-4-12(14)5-11)17-10(2)15-7-13(16)8-18-15/h7-12,14,17H,3-6H2,1-2H3. The Balaban J connectivity index is 1.59. The average Bonchev–Trinajstić information content (AvgIpc) is 3.03. The smallest absolute Gasteiger partial charge is 0.0388 e. The Labute approximate surface area is 122 Å². The van der Waals surface area contributed by atoms with E-state index >= 15 is 0 Å². The van der Waals surface area contributed by atoms with Crippen molar-refractivity contribution in [3.05, 3.63) is 20.8 Å². The van der Waals surface area contributed by atoms with Gasteiger partial charge in [-0.1, -0.05) is 6.42 Å². The quantitative estimate of drug-likeness (QED) is 0.821. The summed E-state index contributed by atoms with van der Waals surface area (Å²) in [7, 11) is 0. The van der Waals surface area contributed by atoms with Crippen LogP contribution in [0.15, 0.2) is 15.9 Å². The fourth-order valence-electron chi connectivity index (χ4n) is 4.06. The highest BCUT2D eigenvalue weighted by atomic mass is 79.9. The molecule has 3 heteroatoms. The molecular formula is C15H22BrNS. The molecule has 0 aromatic carbocycles. The van der Waals surface area contributed by atoms with E-state index in [4.69, 9.17) is 0 Å². The molecule has 1 aromatic rings. The van der Waals surface area contributed by atoms with Gasteiger partial charge in [-0.15, -0.1) is 11.3 Å². The summed E-state index contributed by atoms with van der Waals surface area (Å²) in [5, 5.41) is 6.00. The number of halogens is 1. The fourth-order valence-corrected chi connectivity index (χ4v) is 5.52. The summed E-state index contributed by atoms with van der Waals surface area (Å²) in [6, 6.07) is 3.39. The van der Waals surface area contributed by atoms with Gasteiger partial charge in [0.25, 0.3) is 0 Å². The maximum Gasteiger partial charge on any atom is 0.0388 e. The van der Waals surface area contributed by atoms with Crippen LogP contribution < -0.4 is 5.32 Å². The van der Waals surface area contributed by atoms with Crippen LogP contribution in [0.25, 0.3) is 0 Å². The summed E-state index contributed by atoms with van der Waals surface area (Å²) in [5.41, 5.74) is 0. The molecule has 0 aliphatic heterocycles. The number of thiophene rings is 1. The van der Waals surface area contributed by atoms with Gasteiger partial charge in [0.15, 0.2) is 0 Å². The Bertz CT molecular complexity index is 416. The third-order valence-electron chi connectivity index (χ3n) is 4.96. The molecule has 2 aliphatic rings. The van der Waals surface area contributed by atoms with Gasteiger partial charge in [-0.25, -0.2) is 0 Å². The first-order chi connectivity index (χ1) is 8.63. The largest absolute Gasteiger partial charge is 0.307 e. The summed E-state index contributed by atoms with van der Waals surface area (Å²) in [4.78, 5) is 1.44. The van der Waals surface area contributed by atoms with E-state index in [1.165, 1.54) is 35.0 Å². The van der Waals surface area contributed by atoms with Gasteiger partial charge in [0, 0.05) is 26.8 Å². The molecule has 1 N–H and O–H groups in total. The maximum atomic E-state index is 3.83. The molecule has 3 rings (SSSR count). The first kappa shape index (κ1) is 13.1. The van der Waals surface area contributed by atoms with Crippen molar-refractivity contribution in [2.45, 2.75) is 51.6 Å². The van der Waals surface area contributed by atoms with Crippen molar-refractivity contribution in [2.24, 2.45) is 17.8 Å². The molecule has 2 bridgehead atoms. The molecule has 0 spiro atoms. The van der Waals surface area contributed by atoms with E-state index in [-0.39, 0.29) is 0 Å². The number of nitrogens with one attached hydrogen (secondary N) is 1. The molecule has 0 saturated heterocycles. The lowest BCUT2D eigenvalue weighted by Gasteiger charge is -2.30. The number of fused-ring (bicyclic) bond motifs is 2. The Kier molecular flexibility index (Phi) is 3.84. The molecule has 1 aromatic heterocycles. The lowest BCUT2D eigenvalue weighted by Crippen LogP contribution is -2.37. The Morgan fingerprint density at radius 3 is 2.72 bits per heavy atom. The van der Waals surface area contributed by atoms with E-state index < -0.39 is 0 Å².